The standard InChI is InChI=1S/C23H27FN6O/c1-17(15-29-14-12-18-5-2-3-6-20(18)16-29)25-22(31)7-4-13-30-27-23(26-28-30)19-8-10-21(24)11-9-19/h2-3,5-6,8-11,17H,4,7,12-16H2,1H3,(H,25,31). The van der Waals surface area contributed by atoms with Crippen LogP contribution in [0.5, 0.6) is 0 Å². The van der Waals surface area contributed by atoms with E-state index in [0.29, 0.717) is 30.8 Å². The number of rotatable bonds is 8. The van der Waals surface area contributed by atoms with Gasteiger partial charge in [0.2, 0.25) is 11.7 Å². The van der Waals surface area contributed by atoms with Gasteiger partial charge in [0.05, 0.1) is 6.54 Å². The highest BCUT2D eigenvalue weighted by atomic mass is 19.1. The molecule has 8 heteroatoms. The van der Waals surface area contributed by atoms with Gasteiger partial charge in [-0.15, -0.1) is 10.2 Å². The smallest absolute Gasteiger partial charge is 0.220 e. The summed E-state index contributed by atoms with van der Waals surface area (Å²) in [6.07, 6.45) is 2.08. The first kappa shape index (κ1) is 21.1. The van der Waals surface area contributed by atoms with E-state index in [-0.39, 0.29) is 17.8 Å². The van der Waals surface area contributed by atoms with Gasteiger partial charge in [0.1, 0.15) is 5.82 Å². The van der Waals surface area contributed by atoms with Gasteiger partial charge < -0.3 is 5.32 Å². The van der Waals surface area contributed by atoms with Gasteiger partial charge in [-0.1, -0.05) is 24.3 Å². The summed E-state index contributed by atoms with van der Waals surface area (Å²) in [4.78, 5) is 16.2. The van der Waals surface area contributed by atoms with Crippen molar-refractivity contribution < 1.29 is 9.18 Å². The Morgan fingerprint density at radius 2 is 1.94 bits per heavy atom. The van der Waals surface area contributed by atoms with E-state index in [0.717, 1.165) is 26.1 Å². The Labute approximate surface area is 181 Å². The molecule has 1 amide bonds. The Kier molecular flexibility index (Phi) is 6.66. The van der Waals surface area contributed by atoms with Gasteiger partial charge in [-0.25, -0.2) is 4.39 Å². The molecule has 3 aromatic rings. The highest BCUT2D eigenvalue weighted by molar-refractivity contribution is 5.76. The number of aryl methyl sites for hydroxylation is 1. The minimum absolute atomic E-state index is 0.0313. The third-order valence-electron chi connectivity index (χ3n) is 5.47. The molecule has 1 atom stereocenters. The number of fused-ring (bicyclic) bond motifs is 1. The van der Waals surface area contributed by atoms with Crippen LogP contribution in [0.25, 0.3) is 11.4 Å². The van der Waals surface area contributed by atoms with Crippen LogP contribution in [-0.2, 0) is 24.3 Å². The molecule has 0 aliphatic carbocycles. The van der Waals surface area contributed by atoms with Crippen molar-refractivity contribution in [2.45, 2.75) is 45.3 Å². The average molecular weight is 423 g/mol. The molecule has 0 radical (unpaired) electrons. The molecule has 7 nitrogen and oxygen atoms in total. The highest BCUT2D eigenvalue weighted by Gasteiger charge is 2.18. The van der Waals surface area contributed by atoms with E-state index in [4.69, 9.17) is 0 Å². The van der Waals surface area contributed by atoms with Gasteiger partial charge in [-0.05, 0) is 60.4 Å². The number of hydrogen-bond donors (Lipinski definition) is 1. The highest BCUT2D eigenvalue weighted by Crippen LogP contribution is 2.18. The zero-order valence-corrected chi connectivity index (χ0v) is 17.7. The van der Waals surface area contributed by atoms with Crippen LogP contribution in [0, 0.1) is 5.82 Å². The average Bonchev–Trinajstić information content (AvgIpc) is 3.23. The largest absolute Gasteiger partial charge is 0.352 e. The van der Waals surface area contributed by atoms with Crippen molar-refractivity contribution in [1.29, 1.82) is 0 Å². The molecule has 0 spiro atoms. The zero-order valence-electron chi connectivity index (χ0n) is 17.7. The van der Waals surface area contributed by atoms with Gasteiger partial charge in [0, 0.05) is 37.7 Å². The Morgan fingerprint density at radius 1 is 1.16 bits per heavy atom. The summed E-state index contributed by atoms with van der Waals surface area (Å²) >= 11 is 0. The number of carbonyl (C=O) groups excluding carboxylic acids is 1. The van der Waals surface area contributed by atoms with Gasteiger partial charge in [-0.2, -0.15) is 4.80 Å². The zero-order chi connectivity index (χ0) is 21.6. The van der Waals surface area contributed by atoms with Crippen LogP contribution in [0.4, 0.5) is 4.39 Å². The number of halogens is 1. The first-order valence-corrected chi connectivity index (χ1v) is 10.7. The summed E-state index contributed by atoms with van der Waals surface area (Å²) < 4.78 is 13.0. The van der Waals surface area contributed by atoms with Crippen molar-refractivity contribution in [2.24, 2.45) is 0 Å². The molecular formula is C23H27FN6O. The molecule has 1 aromatic heterocycles. The molecular weight excluding hydrogens is 395 g/mol. The van der Waals surface area contributed by atoms with Gasteiger partial charge in [0.15, 0.2) is 0 Å². The van der Waals surface area contributed by atoms with Crippen molar-refractivity contribution >= 4 is 5.91 Å². The quantitative estimate of drug-likeness (QED) is 0.604. The minimum atomic E-state index is -0.304. The fourth-order valence-electron chi connectivity index (χ4n) is 3.92. The Balaban J connectivity index is 1.18. The predicted octanol–water partition coefficient (Wildman–Crippen LogP) is 2.82. The Bertz CT molecular complexity index is 1020. The van der Waals surface area contributed by atoms with Crippen molar-refractivity contribution in [3.8, 4) is 11.4 Å². The molecule has 162 valence electrons. The van der Waals surface area contributed by atoms with E-state index in [2.05, 4.69) is 49.9 Å². The second-order valence-electron chi connectivity index (χ2n) is 8.04. The number of benzene rings is 2. The third-order valence-corrected chi connectivity index (χ3v) is 5.47. The van der Waals surface area contributed by atoms with Crippen LogP contribution in [0.2, 0.25) is 0 Å². The monoisotopic (exact) mass is 422 g/mol. The molecule has 1 aliphatic rings. The van der Waals surface area contributed by atoms with Crippen molar-refractivity contribution in [3.05, 3.63) is 65.5 Å². The molecule has 0 fully saturated rings. The molecule has 0 saturated heterocycles. The lowest BCUT2D eigenvalue weighted by atomic mass is 10.00. The topological polar surface area (TPSA) is 75.9 Å². The van der Waals surface area contributed by atoms with E-state index >= 15 is 0 Å². The normalized spacial score (nSPS) is 14.8. The maximum Gasteiger partial charge on any atom is 0.220 e. The first-order valence-electron chi connectivity index (χ1n) is 10.7. The van der Waals surface area contributed by atoms with Crippen molar-refractivity contribution in [2.75, 3.05) is 13.1 Å². The fraction of sp³-hybridized carbons (Fsp3) is 0.391. The second kappa shape index (κ2) is 9.78. The van der Waals surface area contributed by atoms with Crippen LogP contribution in [0.1, 0.15) is 30.9 Å². The fourth-order valence-corrected chi connectivity index (χ4v) is 3.92. The van der Waals surface area contributed by atoms with Crippen molar-refractivity contribution in [3.63, 3.8) is 0 Å². The summed E-state index contributed by atoms with van der Waals surface area (Å²) in [5.41, 5.74) is 3.52. The molecule has 1 N–H and O–H groups in total. The number of carbonyl (C=O) groups is 1. The molecule has 2 aromatic carbocycles. The maximum atomic E-state index is 13.0. The molecule has 4 rings (SSSR count). The second-order valence-corrected chi connectivity index (χ2v) is 8.04. The molecule has 0 saturated carbocycles. The summed E-state index contributed by atoms with van der Waals surface area (Å²) in [6.45, 7) is 5.34. The number of tetrazole rings is 1. The summed E-state index contributed by atoms with van der Waals surface area (Å²) in [5, 5.41) is 15.4. The van der Waals surface area contributed by atoms with Gasteiger partial charge in [0.25, 0.3) is 0 Å². The summed E-state index contributed by atoms with van der Waals surface area (Å²) in [5.74, 6) is 0.173. The van der Waals surface area contributed by atoms with Crippen LogP contribution in [0.15, 0.2) is 48.5 Å². The molecule has 2 heterocycles. The Hall–Kier alpha value is -3.13. The number of hydrogen-bond acceptors (Lipinski definition) is 5. The minimum Gasteiger partial charge on any atom is -0.352 e. The molecule has 0 bridgehead atoms. The van der Waals surface area contributed by atoms with E-state index in [1.54, 1.807) is 12.1 Å². The third kappa shape index (κ3) is 5.73. The van der Waals surface area contributed by atoms with Gasteiger partial charge in [-0.3, -0.25) is 9.69 Å². The van der Waals surface area contributed by atoms with E-state index in [9.17, 15) is 9.18 Å². The molecule has 31 heavy (non-hydrogen) atoms. The van der Waals surface area contributed by atoms with Crippen LogP contribution >= 0.6 is 0 Å². The van der Waals surface area contributed by atoms with E-state index in [1.807, 2.05) is 6.92 Å². The maximum absolute atomic E-state index is 13.0. The van der Waals surface area contributed by atoms with Crippen LogP contribution in [-0.4, -0.2) is 50.1 Å². The van der Waals surface area contributed by atoms with E-state index in [1.165, 1.54) is 28.1 Å². The Morgan fingerprint density at radius 3 is 2.74 bits per heavy atom. The first-order chi connectivity index (χ1) is 15.1. The summed E-state index contributed by atoms with van der Waals surface area (Å²) in [6, 6.07) is 14.6. The van der Waals surface area contributed by atoms with Crippen molar-refractivity contribution in [1.82, 2.24) is 30.4 Å². The van der Waals surface area contributed by atoms with Gasteiger partial charge >= 0.3 is 0 Å². The lowest BCUT2D eigenvalue weighted by molar-refractivity contribution is -0.122. The van der Waals surface area contributed by atoms with Crippen LogP contribution in [0.3, 0.4) is 0 Å². The number of amides is 1. The SMILES string of the molecule is CC(CN1CCc2ccccc2C1)NC(=O)CCCn1nnc(-c2ccc(F)cc2)n1. The lowest BCUT2D eigenvalue weighted by Crippen LogP contribution is -2.43. The molecule has 1 aliphatic heterocycles. The predicted molar refractivity (Wildman–Crippen MR) is 115 cm³/mol. The number of nitrogens with zero attached hydrogens (tertiary/aromatic N) is 5. The molecule has 1 unspecified atom stereocenters. The number of aromatic nitrogens is 4. The van der Waals surface area contributed by atoms with E-state index < -0.39 is 0 Å². The van der Waals surface area contributed by atoms with Crippen LogP contribution < -0.4 is 5.32 Å². The number of nitrogens with one attached hydrogen (secondary N) is 1. The summed E-state index contributed by atoms with van der Waals surface area (Å²) in [7, 11) is 0. The lowest BCUT2D eigenvalue weighted by Gasteiger charge is -2.31.